The fourth-order valence-corrected chi connectivity index (χ4v) is 2.66. The van der Waals surface area contributed by atoms with Gasteiger partial charge in [-0.15, -0.1) is 0 Å². The van der Waals surface area contributed by atoms with Crippen molar-refractivity contribution in [3.63, 3.8) is 0 Å². The molecule has 0 spiro atoms. The fourth-order valence-electron chi connectivity index (χ4n) is 0.819. The van der Waals surface area contributed by atoms with Gasteiger partial charge in [0.1, 0.15) is 5.75 Å². The van der Waals surface area contributed by atoms with E-state index in [0.717, 1.165) is 13.8 Å². The molecule has 0 radical (unpaired) electrons. The molecule has 0 amide bonds. The van der Waals surface area contributed by atoms with Crippen molar-refractivity contribution >= 4 is 38.5 Å². The van der Waals surface area contributed by atoms with Crippen molar-refractivity contribution in [2.75, 3.05) is 7.11 Å². The van der Waals surface area contributed by atoms with Crippen LogP contribution in [-0.2, 0) is 0 Å². The summed E-state index contributed by atoms with van der Waals surface area (Å²) in [6, 6.07) is 5.59. The predicted octanol–water partition coefficient (Wildman–Crippen LogP) is 2.93. The summed E-state index contributed by atoms with van der Waals surface area (Å²) in [6.07, 6.45) is 0. The number of hydrogen-bond acceptors (Lipinski definition) is 2. The van der Waals surface area contributed by atoms with E-state index in [-0.39, 0.29) is 0 Å². The Kier molecular flexibility index (Phi) is 3.35. The minimum absolute atomic E-state index is 0.632. The molecule has 12 heavy (non-hydrogen) atoms. The Morgan fingerprint density at radius 3 is 2.67 bits per heavy atom. The van der Waals surface area contributed by atoms with Crippen LogP contribution in [0.15, 0.2) is 16.6 Å². The molecule has 0 fully saturated rings. The van der Waals surface area contributed by atoms with Crippen LogP contribution in [0.25, 0.3) is 0 Å². The van der Waals surface area contributed by atoms with Crippen molar-refractivity contribution in [3.8, 4) is 11.8 Å². The second kappa shape index (κ2) is 4.10. The van der Waals surface area contributed by atoms with Gasteiger partial charge < -0.3 is 4.74 Å². The van der Waals surface area contributed by atoms with E-state index < -0.39 is 0 Å². The van der Waals surface area contributed by atoms with Crippen LogP contribution >= 0.6 is 38.5 Å². The zero-order valence-corrected chi connectivity index (χ0v) is 10.0. The van der Waals surface area contributed by atoms with Crippen LogP contribution in [0.5, 0.6) is 5.75 Å². The van der Waals surface area contributed by atoms with Crippen molar-refractivity contribution < 1.29 is 4.74 Å². The maximum absolute atomic E-state index is 8.64. The first-order chi connectivity index (χ1) is 5.69. The first-order valence-electron chi connectivity index (χ1n) is 3.12. The smallest absolute Gasteiger partial charge is 0.146 e. The molecule has 0 atom stereocenters. The molecule has 0 unspecified atom stereocenters. The van der Waals surface area contributed by atoms with Crippen molar-refractivity contribution in [2.45, 2.75) is 0 Å². The molecule has 0 aliphatic heterocycles. The lowest BCUT2D eigenvalue weighted by Crippen LogP contribution is -1.89. The third-order valence-corrected chi connectivity index (χ3v) is 2.72. The number of nitriles is 1. The van der Waals surface area contributed by atoms with Crippen molar-refractivity contribution in [1.82, 2.24) is 0 Å². The molecule has 1 rings (SSSR count). The van der Waals surface area contributed by atoms with Gasteiger partial charge >= 0.3 is 0 Å². The lowest BCUT2D eigenvalue weighted by atomic mass is 10.2. The highest BCUT2D eigenvalue weighted by Crippen LogP contribution is 2.31. The molecule has 0 saturated heterocycles. The van der Waals surface area contributed by atoms with Crippen molar-refractivity contribution in [3.05, 3.63) is 25.7 Å². The number of halogens is 2. The van der Waals surface area contributed by atoms with Gasteiger partial charge in [-0.3, -0.25) is 0 Å². The highest BCUT2D eigenvalue weighted by Gasteiger charge is 2.06. The summed E-state index contributed by atoms with van der Waals surface area (Å²) in [7, 11) is 1.61. The Morgan fingerprint density at radius 2 is 2.25 bits per heavy atom. The van der Waals surface area contributed by atoms with Gasteiger partial charge in [0.25, 0.3) is 0 Å². The lowest BCUT2D eigenvalue weighted by molar-refractivity contribution is 0.409. The monoisotopic (exact) mass is 337 g/mol. The topological polar surface area (TPSA) is 33.0 Å². The maximum atomic E-state index is 8.64. The zero-order chi connectivity index (χ0) is 9.14. The molecule has 1 aromatic rings. The average molecular weight is 338 g/mol. The van der Waals surface area contributed by atoms with E-state index in [2.05, 4.69) is 44.6 Å². The summed E-state index contributed by atoms with van der Waals surface area (Å²) in [5.74, 6) is 0.773. The first-order valence-corrected chi connectivity index (χ1v) is 4.99. The Bertz CT molecular complexity index is 322. The maximum Gasteiger partial charge on any atom is 0.146 e. The minimum atomic E-state index is 0.632. The number of hydrogen-bond donors (Lipinski definition) is 0. The summed E-state index contributed by atoms with van der Waals surface area (Å²) in [5, 5.41) is 8.64. The van der Waals surface area contributed by atoms with Gasteiger partial charge in [-0.2, -0.15) is 5.26 Å². The van der Waals surface area contributed by atoms with Gasteiger partial charge in [0, 0.05) is 0 Å². The van der Waals surface area contributed by atoms with Gasteiger partial charge in [-0.1, -0.05) is 0 Å². The third kappa shape index (κ3) is 1.90. The Balaban J connectivity index is 3.30. The number of nitrogens with zero attached hydrogens (tertiary/aromatic N) is 1. The molecule has 0 bridgehead atoms. The lowest BCUT2D eigenvalue weighted by Gasteiger charge is -2.05. The number of rotatable bonds is 1. The third-order valence-electron chi connectivity index (χ3n) is 1.33. The molecule has 0 heterocycles. The summed E-state index contributed by atoms with van der Waals surface area (Å²) in [5.41, 5.74) is 0.632. The van der Waals surface area contributed by atoms with Crippen LogP contribution in [0.1, 0.15) is 5.56 Å². The van der Waals surface area contributed by atoms with Gasteiger partial charge in [0.15, 0.2) is 0 Å². The molecule has 4 heteroatoms. The second-order valence-electron chi connectivity index (χ2n) is 2.08. The van der Waals surface area contributed by atoms with Crippen LogP contribution in [0.4, 0.5) is 0 Å². The molecule has 0 aromatic heterocycles. The quantitative estimate of drug-likeness (QED) is 0.738. The van der Waals surface area contributed by atoms with Crippen LogP contribution < -0.4 is 4.74 Å². The minimum Gasteiger partial charge on any atom is -0.494 e. The van der Waals surface area contributed by atoms with Gasteiger partial charge in [-0.05, 0) is 50.7 Å². The molecule has 0 N–H and O–H groups in total. The molecular weight excluding hydrogens is 333 g/mol. The molecule has 0 aliphatic carbocycles. The average Bonchev–Trinajstić information content (AvgIpc) is 2.03. The second-order valence-corrected chi connectivity index (χ2v) is 4.10. The highest BCUT2D eigenvalue weighted by molar-refractivity contribution is 14.1. The van der Waals surface area contributed by atoms with E-state index in [0.29, 0.717) is 5.56 Å². The van der Waals surface area contributed by atoms with E-state index in [4.69, 9.17) is 10.00 Å². The Labute approximate surface area is 92.8 Å². The largest absolute Gasteiger partial charge is 0.494 e. The van der Waals surface area contributed by atoms with Gasteiger partial charge in [0.05, 0.1) is 26.8 Å². The molecule has 0 aliphatic rings. The summed E-state index contributed by atoms with van der Waals surface area (Å²) >= 11 is 5.45. The number of benzene rings is 1. The van der Waals surface area contributed by atoms with Crippen LogP contribution in [-0.4, -0.2) is 7.11 Å². The SMILES string of the molecule is COc1c(Br)cc(C#N)cc1I. The molecule has 1 aromatic carbocycles. The van der Waals surface area contributed by atoms with Crippen LogP contribution in [0.2, 0.25) is 0 Å². The Hall–Kier alpha value is -0.280. The van der Waals surface area contributed by atoms with Crippen molar-refractivity contribution in [1.29, 1.82) is 5.26 Å². The molecule has 0 saturated carbocycles. The summed E-state index contributed by atoms with van der Waals surface area (Å²) < 4.78 is 6.86. The summed E-state index contributed by atoms with van der Waals surface area (Å²) in [6.45, 7) is 0. The van der Waals surface area contributed by atoms with Crippen LogP contribution in [0.3, 0.4) is 0 Å². The predicted molar refractivity (Wildman–Crippen MR) is 58.1 cm³/mol. The molecular formula is C8H5BrINO. The number of methoxy groups -OCH3 is 1. The highest BCUT2D eigenvalue weighted by atomic mass is 127. The number of ether oxygens (including phenoxy) is 1. The van der Waals surface area contributed by atoms with E-state index in [1.165, 1.54) is 0 Å². The zero-order valence-electron chi connectivity index (χ0n) is 6.27. The van der Waals surface area contributed by atoms with E-state index in [1.807, 2.05) is 0 Å². The normalized spacial score (nSPS) is 9.17. The van der Waals surface area contributed by atoms with Crippen molar-refractivity contribution in [2.24, 2.45) is 0 Å². The summed E-state index contributed by atoms with van der Waals surface area (Å²) in [4.78, 5) is 0. The van der Waals surface area contributed by atoms with E-state index in [9.17, 15) is 0 Å². The Morgan fingerprint density at radius 1 is 1.58 bits per heavy atom. The van der Waals surface area contributed by atoms with E-state index >= 15 is 0 Å². The standard InChI is InChI=1S/C8H5BrINO/c1-12-8-6(9)2-5(4-11)3-7(8)10/h2-3H,1H3. The van der Waals surface area contributed by atoms with Gasteiger partial charge in [-0.25, -0.2) is 0 Å². The van der Waals surface area contributed by atoms with E-state index in [1.54, 1.807) is 19.2 Å². The molecule has 62 valence electrons. The molecule has 2 nitrogen and oxygen atoms in total. The van der Waals surface area contributed by atoms with Crippen LogP contribution in [0, 0.1) is 14.9 Å². The first kappa shape index (κ1) is 9.81. The fraction of sp³-hybridized carbons (Fsp3) is 0.125. The van der Waals surface area contributed by atoms with Gasteiger partial charge in [0.2, 0.25) is 0 Å².